The van der Waals surface area contributed by atoms with Crippen LogP contribution in [0.3, 0.4) is 0 Å². The van der Waals surface area contributed by atoms with Crippen molar-refractivity contribution in [3.63, 3.8) is 0 Å². The number of hydrogen-bond acceptors (Lipinski definition) is 3. The number of ether oxygens (including phenoxy) is 1. The zero-order chi connectivity index (χ0) is 22.4. The topological polar surface area (TPSA) is 49.8 Å². The van der Waals surface area contributed by atoms with Gasteiger partial charge in [0.05, 0.1) is 17.8 Å². The maximum absolute atomic E-state index is 14.4. The number of fused-ring (bicyclic) bond motifs is 1. The van der Waals surface area contributed by atoms with Crippen molar-refractivity contribution in [3.05, 3.63) is 47.0 Å². The quantitative estimate of drug-likeness (QED) is 0.339. The van der Waals surface area contributed by atoms with E-state index in [-0.39, 0.29) is 11.0 Å². The van der Waals surface area contributed by atoms with Gasteiger partial charge < -0.3 is 9.84 Å². The molecule has 0 atom stereocenters. The van der Waals surface area contributed by atoms with Gasteiger partial charge in [0.15, 0.2) is 29.0 Å². The third-order valence-electron chi connectivity index (χ3n) is 3.99. The van der Waals surface area contributed by atoms with Gasteiger partial charge >= 0.3 is 12.0 Å². The van der Waals surface area contributed by atoms with E-state index in [2.05, 4.69) is 16.6 Å². The molecular weight excluding hydrogens is 430 g/mol. The molecule has 30 heavy (non-hydrogen) atoms. The number of carbonyl (C=O) groups excluding carboxylic acids is 1. The van der Waals surface area contributed by atoms with Crippen LogP contribution in [-0.2, 0) is 4.79 Å². The van der Waals surface area contributed by atoms with Crippen molar-refractivity contribution in [2.45, 2.75) is 6.11 Å². The Labute approximate surface area is 162 Å². The Morgan fingerprint density at radius 2 is 1.50 bits per heavy atom. The summed E-state index contributed by atoms with van der Waals surface area (Å²) in [5.74, 6) is -12.3. The first-order valence-corrected chi connectivity index (χ1v) is 7.82. The molecule has 12 heteroatoms. The first-order valence-electron chi connectivity index (χ1n) is 7.82. The summed E-state index contributed by atoms with van der Waals surface area (Å²) in [7, 11) is 0. The Balaban J connectivity index is 2.27. The lowest BCUT2D eigenvalue weighted by atomic mass is 10.0. The van der Waals surface area contributed by atoms with Gasteiger partial charge in [0.2, 0.25) is 5.82 Å². The molecule has 3 rings (SSSR count). The fraction of sp³-hybridized carbons (Fsp3) is 0.167. The van der Waals surface area contributed by atoms with Gasteiger partial charge in [-0.25, -0.2) is 26.3 Å². The van der Waals surface area contributed by atoms with Gasteiger partial charge in [-0.05, 0) is 6.07 Å². The van der Waals surface area contributed by atoms with E-state index in [4.69, 9.17) is 5.11 Å². The van der Waals surface area contributed by atoms with Crippen molar-refractivity contribution in [2.24, 2.45) is 0 Å². The predicted molar refractivity (Wildman–Crippen MR) is 84.4 cm³/mol. The molecular formula is C18H7F8NO3. The Hall–Kier alpha value is -3.33. The lowest BCUT2D eigenvalue weighted by Crippen LogP contribution is -2.51. The van der Waals surface area contributed by atoms with Gasteiger partial charge in [-0.15, -0.1) is 0 Å². The van der Waals surface area contributed by atoms with Gasteiger partial charge in [0, 0.05) is 11.6 Å². The highest BCUT2D eigenvalue weighted by Gasteiger charge is 2.50. The van der Waals surface area contributed by atoms with Crippen molar-refractivity contribution in [3.8, 4) is 28.7 Å². The Bertz CT molecular complexity index is 1090. The number of anilines is 1. The van der Waals surface area contributed by atoms with Crippen LogP contribution in [0.1, 0.15) is 0 Å². The molecule has 1 aliphatic rings. The molecule has 1 aliphatic heterocycles. The normalized spacial score (nSPS) is 14.7. The lowest BCUT2D eigenvalue weighted by molar-refractivity contribution is -0.192. The summed E-state index contributed by atoms with van der Waals surface area (Å²) in [6.45, 7) is -1.48. The third-order valence-corrected chi connectivity index (χ3v) is 3.99. The highest BCUT2D eigenvalue weighted by atomic mass is 19.3. The molecule has 0 radical (unpaired) electrons. The summed E-state index contributed by atoms with van der Waals surface area (Å²) in [6, 6.07) is 0.617. The van der Waals surface area contributed by atoms with Gasteiger partial charge in [-0.3, -0.25) is 9.69 Å². The van der Waals surface area contributed by atoms with Crippen LogP contribution in [0, 0.1) is 46.7 Å². The van der Waals surface area contributed by atoms with Crippen LogP contribution in [0.4, 0.5) is 40.8 Å². The van der Waals surface area contributed by atoms with Gasteiger partial charge in [0.1, 0.15) is 12.4 Å². The number of aliphatic hydroxyl groups excluding tert-OH is 1. The number of hydrogen-bond donors (Lipinski definition) is 1. The summed E-state index contributed by atoms with van der Waals surface area (Å²) in [5.41, 5.74) is -3.54. The highest BCUT2D eigenvalue weighted by Crippen LogP contribution is 2.44. The molecule has 1 amide bonds. The van der Waals surface area contributed by atoms with Gasteiger partial charge in [0.25, 0.3) is 0 Å². The SMILES string of the molecule is O=C1N(CC#CCO)c2cc(-c3c(F)c(F)c(F)c(F)c3F)c(F)cc2OC1(F)F. The summed E-state index contributed by atoms with van der Waals surface area (Å²) in [6.07, 6.45) is -4.45. The maximum Gasteiger partial charge on any atom is 0.483 e. The fourth-order valence-corrected chi connectivity index (χ4v) is 2.67. The van der Waals surface area contributed by atoms with Crippen LogP contribution < -0.4 is 9.64 Å². The second-order valence-electron chi connectivity index (χ2n) is 5.77. The number of carbonyl (C=O) groups is 1. The van der Waals surface area contributed by atoms with E-state index in [1.54, 1.807) is 0 Å². The van der Waals surface area contributed by atoms with Gasteiger partial charge in [-0.2, -0.15) is 8.78 Å². The Morgan fingerprint density at radius 3 is 2.07 bits per heavy atom. The molecule has 1 heterocycles. The number of aliphatic hydroxyl groups is 1. The summed E-state index contributed by atoms with van der Waals surface area (Å²) in [4.78, 5) is 12.2. The van der Waals surface area contributed by atoms with E-state index in [9.17, 15) is 39.9 Å². The predicted octanol–water partition coefficient (Wildman–Crippen LogP) is 3.50. The average Bonchev–Trinajstić information content (AvgIpc) is 2.69. The second kappa shape index (κ2) is 7.49. The second-order valence-corrected chi connectivity index (χ2v) is 5.77. The molecule has 0 aliphatic carbocycles. The molecule has 1 N–H and O–H groups in total. The maximum atomic E-state index is 14.4. The first kappa shape index (κ1) is 21.4. The molecule has 0 aromatic heterocycles. The number of rotatable bonds is 2. The minimum atomic E-state index is -4.45. The minimum Gasteiger partial charge on any atom is -0.423 e. The molecule has 0 saturated carbocycles. The van der Waals surface area contributed by atoms with Crippen LogP contribution >= 0.6 is 0 Å². The number of alkyl halides is 2. The highest BCUT2D eigenvalue weighted by molar-refractivity contribution is 6.02. The van der Waals surface area contributed by atoms with Crippen molar-refractivity contribution in [1.82, 2.24) is 0 Å². The largest absolute Gasteiger partial charge is 0.483 e. The fourth-order valence-electron chi connectivity index (χ4n) is 2.67. The lowest BCUT2D eigenvalue weighted by Gasteiger charge is -2.32. The third kappa shape index (κ3) is 3.30. The van der Waals surface area contributed by atoms with E-state index in [1.165, 1.54) is 0 Å². The molecule has 2 aromatic rings. The summed E-state index contributed by atoms with van der Waals surface area (Å²) >= 11 is 0. The van der Waals surface area contributed by atoms with Crippen LogP contribution in [0.5, 0.6) is 5.75 Å². The molecule has 2 aromatic carbocycles. The van der Waals surface area contributed by atoms with Crippen LogP contribution in [0.25, 0.3) is 11.1 Å². The zero-order valence-electron chi connectivity index (χ0n) is 14.3. The van der Waals surface area contributed by atoms with Crippen molar-refractivity contribution >= 4 is 11.6 Å². The molecule has 0 saturated heterocycles. The van der Waals surface area contributed by atoms with E-state index in [0.29, 0.717) is 6.07 Å². The average molecular weight is 437 g/mol. The summed E-state index contributed by atoms with van der Waals surface area (Å²) < 4.78 is 114. The van der Waals surface area contributed by atoms with Crippen molar-refractivity contribution in [1.29, 1.82) is 0 Å². The van der Waals surface area contributed by atoms with Gasteiger partial charge in [-0.1, -0.05) is 11.8 Å². The number of amides is 1. The minimum absolute atomic E-state index is 0.204. The van der Waals surface area contributed by atoms with E-state index in [1.807, 2.05) is 0 Å². The van der Waals surface area contributed by atoms with E-state index in [0.717, 1.165) is 0 Å². The number of halogens is 8. The molecule has 158 valence electrons. The first-order chi connectivity index (χ1) is 14.0. The van der Waals surface area contributed by atoms with E-state index >= 15 is 0 Å². The molecule has 0 unspecified atom stereocenters. The smallest absolute Gasteiger partial charge is 0.423 e. The zero-order valence-corrected chi connectivity index (χ0v) is 14.3. The standard InChI is InChI=1S/C18H7F8NO3/c19-8-6-10-9(27(3-1-2-4-28)17(29)18(25,26)30-10)5-7(8)11-12(20)14(22)16(24)15(23)13(11)21/h5-6,28H,3-4H2. The van der Waals surface area contributed by atoms with Crippen molar-refractivity contribution < 1.29 is 49.8 Å². The van der Waals surface area contributed by atoms with Crippen molar-refractivity contribution in [2.75, 3.05) is 18.1 Å². The van der Waals surface area contributed by atoms with Crippen LogP contribution in [0.15, 0.2) is 12.1 Å². The molecule has 0 spiro atoms. The monoisotopic (exact) mass is 437 g/mol. The van der Waals surface area contributed by atoms with Crippen LogP contribution in [0.2, 0.25) is 0 Å². The molecule has 0 bridgehead atoms. The molecule has 0 fully saturated rings. The number of nitrogens with zero attached hydrogens (tertiary/aromatic N) is 1. The number of benzene rings is 2. The Morgan fingerprint density at radius 1 is 0.933 bits per heavy atom. The molecule has 4 nitrogen and oxygen atoms in total. The van der Waals surface area contributed by atoms with E-state index < -0.39 is 82.6 Å². The summed E-state index contributed by atoms with van der Waals surface area (Å²) in [5, 5.41) is 8.64. The van der Waals surface area contributed by atoms with Crippen LogP contribution in [-0.4, -0.2) is 30.3 Å². The Kier molecular flexibility index (Phi) is 5.34.